The van der Waals surface area contributed by atoms with Crippen LogP contribution in [0.15, 0.2) is 47.3 Å². The van der Waals surface area contributed by atoms with Gasteiger partial charge in [0.25, 0.3) is 0 Å². The van der Waals surface area contributed by atoms with E-state index >= 15 is 0 Å². The largest absolute Gasteiger partial charge is 0.496 e. The lowest BCUT2D eigenvalue weighted by Gasteiger charge is -2.18. The monoisotopic (exact) mass is 392 g/mol. The fourth-order valence-corrected chi connectivity index (χ4v) is 3.07. The fraction of sp³-hybridized carbons (Fsp3) is 0.300. The van der Waals surface area contributed by atoms with Crippen molar-refractivity contribution < 1.29 is 23.0 Å². The van der Waals surface area contributed by atoms with Gasteiger partial charge in [-0.2, -0.15) is 18.2 Å². The molecule has 1 heterocycles. The van der Waals surface area contributed by atoms with Crippen molar-refractivity contribution in [2.75, 3.05) is 7.11 Å². The molecule has 0 radical (unpaired) electrons. The third kappa shape index (κ3) is 3.87. The Hall–Kier alpha value is -2.87. The van der Waals surface area contributed by atoms with E-state index in [0.29, 0.717) is 23.2 Å². The van der Waals surface area contributed by atoms with Crippen LogP contribution in [0.4, 0.5) is 13.2 Å². The zero-order valence-electron chi connectivity index (χ0n) is 15.3. The molecule has 3 aromatic rings. The molecule has 0 amide bonds. The standard InChI is InChI=1S/C20H19F3N2O3/c1-12(26)8-9-15-18-16(10-13(20(21,22)23)11-17(18)28-2)25(19(27)24-15)14-6-4-3-5-7-14/h3-7,10-12,26H,8-9H2,1-2H3/t12-/m0/s1. The first-order valence-electron chi connectivity index (χ1n) is 8.66. The quantitative estimate of drug-likeness (QED) is 0.719. The molecular formula is C20H19F3N2O3. The van der Waals surface area contributed by atoms with Crippen molar-refractivity contribution in [1.82, 2.24) is 9.55 Å². The van der Waals surface area contributed by atoms with E-state index < -0.39 is 23.5 Å². The number of ether oxygens (including phenoxy) is 1. The highest BCUT2D eigenvalue weighted by atomic mass is 19.4. The molecule has 2 aromatic carbocycles. The first-order valence-corrected chi connectivity index (χ1v) is 8.66. The Morgan fingerprint density at radius 3 is 2.46 bits per heavy atom. The molecule has 5 nitrogen and oxygen atoms in total. The van der Waals surface area contributed by atoms with E-state index in [2.05, 4.69) is 4.98 Å². The second-order valence-electron chi connectivity index (χ2n) is 6.47. The van der Waals surface area contributed by atoms with Gasteiger partial charge in [0, 0.05) is 0 Å². The number of aliphatic hydroxyl groups excluding tert-OH is 1. The Morgan fingerprint density at radius 2 is 1.89 bits per heavy atom. The summed E-state index contributed by atoms with van der Waals surface area (Å²) < 4.78 is 46.7. The lowest BCUT2D eigenvalue weighted by molar-refractivity contribution is -0.137. The third-order valence-corrected chi connectivity index (χ3v) is 4.39. The average Bonchev–Trinajstić information content (AvgIpc) is 2.64. The van der Waals surface area contributed by atoms with Gasteiger partial charge in [0.15, 0.2) is 0 Å². The minimum atomic E-state index is -4.61. The zero-order chi connectivity index (χ0) is 20.5. The van der Waals surface area contributed by atoms with E-state index in [0.717, 1.165) is 16.7 Å². The summed E-state index contributed by atoms with van der Waals surface area (Å²) in [6.07, 6.45) is -4.72. The Morgan fingerprint density at radius 1 is 1.21 bits per heavy atom. The van der Waals surface area contributed by atoms with E-state index in [1.165, 1.54) is 7.11 Å². The molecule has 1 aromatic heterocycles. The molecule has 0 bridgehead atoms. The molecule has 1 atom stereocenters. The molecule has 8 heteroatoms. The van der Waals surface area contributed by atoms with Gasteiger partial charge in [-0.1, -0.05) is 18.2 Å². The van der Waals surface area contributed by atoms with Crippen LogP contribution in [0.2, 0.25) is 0 Å². The number of aryl methyl sites for hydroxylation is 1. The summed E-state index contributed by atoms with van der Waals surface area (Å²) in [4.78, 5) is 16.8. The van der Waals surface area contributed by atoms with Crippen LogP contribution in [0.25, 0.3) is 16.6 Å². The van der Waals surface area contributed by atoms with E-state index in [9.17, 15) is 23.1 Å². The van der Waals surface area contributed by atoms with Crippen LogP contribution in [0.5, 0.6) is 5.75 Å². The molecule has 0 aliphatic carbocycles. The Labute approximate surface area is 159 Å². The molecule has 0 fully saturated rings. The summed E-state index contributed by atoms with van der Waals surface area (Å²) in [5, 5.41) is 9.89. The number of rotatable bonds is 5. The van der Waals surface area contributed by atoms with Gasteiger partial charge in [0.05, 0.1) is 41.1 Å². The molecule has 1 N–H and O–H groups in total. The topological polar surface area (TPSA) is 64.3 Å². The second kappa shape index (κ2) is 7.63. The number of hydrogen-bond acceptors (Lipinski definition) is 4. The Balaban J connectivity index is 2.41. The predicted molar refractivity (Wildman–Crippen MR) is 98.9 cm³/mol. The summed E-state index contributed by atoms with van der Waals surface area (Å²) in [6, 6.07) is 10.2. The molecule has 3 rings (SSSR count). The normalized spacial score (nSPS) is 12.9. The lowest BCUT2D eigenvalue weighted by atomic mass is 10.0. The van der Waals surface area contributed by atoms with Gasteiger partial charge >= 0.3 is 11.9 Å². The number of nitrogens with zero attached hydrogens (tertiary/aromatic N) is 2. The van der Waals surface area contributed by atoms with Gasteiger partial charge in [-0.15, -0.1) is 0 Å². The minimum absolute atomic E-state index is 0.0254. The smallest absolute Gasteiger partial charge is 0.416 e. The van der Waals surface area contributed by atoms with Gasteiger partial charge in [0.1, 0.15) is 5.75 Å². The number of benzene rings is 2. The number of halogens is 3. The second-order valence-corrected chi connectivity index (χ2v) is 6.47. The molecule has 0 aliphatic rings. The van der Waals surface area contributed by atoms with Crippen molar-refractivity contribution in [3.8, 4) is 11.4 Å². The van der Waals surface area contributed by atoms with Crippen molar-refractivity contribution >= 4 is 10.9 Å². The average molecular weight is 392 g/mol. The number of fused-ring (bicyclic) bond motifs is 1. The van der Waals surface area contributed by atoms with Gasteiger partial charge in [-0.05, 0) is 44.0 Å². The molecule has 0 aliphatic heterocycles. The van der Waals surface area contributed by atoms with Crippen LogP contribution in [0, 0.1) is 0 Å². The molecule has 0 saturated carbocycles. The molecule has 0 spiro atoms. The molecule has 148 valence electrons. The zero-order valence-corrected chi connectivity index (χ0v) is 15.3. The Bertz CT molecular complexity index is 1040. The number of aliphatic hydroxyl groups is 1. The number of alkyl halides is 3. The van der Waals surface area contributed by atoms with Crippen LogP contribution in [0.1, 0.15) is 24.6 Å². The summed E-state index contributed by atoms with van der Waals surface area (Å²) in [6.45, 7) is 1.59. The molecule has 0 unspecified atom stereocenters. The first kappa shape index (κ1) is 19.9. The highest BCUT2D eigenvalue weighted by molar-refractivity contribution is 5.89. The number of para-hydroxylation sites is 1. The number of hydrogen-bond donors (Lipinski definition) is 1. The molecular weight excluding hydrogens is 373 g/mol. The lowest BCUT2D eigenvalue weighted by Crippen LogP contribution is -2.24. The SMILES string of the molecule is COc1cc(C(F)(F)F)cc2c1c(CC[C@H](C)O)nc(=O)n2-c1ccccc1. The van der Waals surface area contributed by atoms with Gasteiger partial charge in [0.2, 0.25) is 0 Å². The summed E-state index contributed by atoms with van der Waals surface area (Å²) >= 11 is 0. The van der Waals surface area contributed by atoms with Crippen LogP contribution >= 0.6 is 0 Å². The number of aromatic nitrogens is 2. The first-order chi connectivity index (χ1) is 13.2. The summed E-state index contributed by atoms with van der Waals surface area (Å²) in [5.41, 5.74) is -0.875. The van der Waals surface area contributed by atoms with Crippen molar-refractivity contribution in [2.24, 2.45) is 0 Å². The molecule has 0 saturated heterocycles. The van der Waals surface area contributed by atoms with Crippen LogP contribution in [0.3, 0.4) is 0 Å². The van der Waals surface area contributed by atoms with E-state index in [-0.39, 0.29) is 17.7 Å². The van der Waals surface area contributed by atoms with E-state index in [1.54, 1.807) is 37.3 Å². The van der Waals surface area contributed by atoms with Gasteiger partial charge in [-0.3, -0.25) is 4.57 Å². The van der Waals surface area contributed by atoms with Gasteiger partial charge in [-0.25, -0.2) is 4.79 Å². The minimum Gasteiger partial charge on any atom is -0.496 e. The van der Waals surface area contributed by atoms with E-state index in [1.807, 2.05) is 0 Å². The maximum absolute atomic E-state index is 13.4. The maximum Gasteiger partial charge on any atom is 0.416 e. The van der Waals surface area contributed by atoms with Gasteiger partial charge < -0.3 is 9.84 Å². The number of methoxy groups -OCH3 is 1. The third-order valence-electron chi connectivity index (χ3n) is 4.39. The van der Waals surface area contributed by atoms with Crippen LogP contribution in [-0.2, 0) is 12.6 Å². The predicted octanol–water partition coefficient (Wildman–Crippen LogP) is 3.73. The van der Waals surface area contributed by atoms with Crippen LogP contribution in [-0.4, -0.2) is 27.9 Å². The maximum atomic E-state index is 13.4. The fourth-order valence-electron chi connectivity index (χ4n) is 3.07. The highest BCUT2D eigenvalue weighted by Gasteiger charge is 2.33. The van der Waals surface area contributed by atoms with Crippen molar-refractivity contribution in [3.63, 3.8) is 0 Å². The Kier molecular flexibility index (Phi) is 5.42. The van der Waals surface area contributed by atoms with Crippen LogP contribution < -0.4 is 10.4 Å². The van der Waals surface area contributed by atoms with E-state index in [4.69, 9.17) is 4.74 Å². The molecule has 28 heavy (non-hydrogen) atoms. The summed E-state index contributed by atoms with van der Waals surface area (Å²) in [5.74, 6) is -0.0254. The summed E-state index contributed by atoms with van der Waals surface area (Å²) in [7, 11) is 1.27. The van der Waals surface area contributed by atoms with Crippen molar-refractivity contribution in [3.05, 3.63) is 64.2 Å². The van der Waals surface area contributed by atoms with Crippen molar-refractivity contribution in [1.29, 1.82) is 0 Å². The highest BCUT2D eigenvalue weighted by Crippen LogP contribution is 2.37. The van der Waals surface area contributed by atoms with Crippen molar-refractivity contribution in [2.45, 2.75) is 32.0 Å².